The summed E-state index contributed by atoms with van der Waals surface area (Å²) in [6.45, 7) is 3.36. The van der Waals surface area contributed by atoms with Gasteiger partial charge in [0.1, 0.15) is 17.9 Å². The largest absolute Gasteiger partial charge is 0.492 e. The molecule has 0 spiro atoms. The lowest BCUT2D eigenvalue weighted by atomic mass is 10.2. The maximum atomic E-state index is 5.98. The van der Waals surface area contributed by atoms with Crippen molar-refractivity contribution >= 4 is 33.1 Å². The number of aryl methyl sites for hydroxylation is 1. The van der Waals surface area contributed by atoms with Gasteiger partial charge in [-0.2, -0.15) is 0 Å². The predicted octanol–water partition coefficient (Wildman–Crippen LogP) is 5.13. The highest BCUT2D eigenvalue weighted by molar-refractivity contribution is 6.06. The first-order valence-corrected chi connectivity index (χ1v) is 9.13. The van der Waals surface area contributed by atoms with E-state index in [-0.39, 0.29) is 0 Å². The van der Waals surface area contributed by atoms with Gasteiger partial charge in [-0.05, 0) is 42.8 Å². The maximum absolute atomic E-state index is 5.98. The topological polar surface area (TPSA) is 39.9 Å². The van der Waals surface area contributed by atoms with Crippen LogP contribution >= 0.6 is 0 Å². The molecule has 2 heterocycles. The van der Waals surface area contributed by atoms with Gasteiger partial charge in [0.15, 0.2) is 5.65 Å². The third-order valence-electron chi connectivity index (χ3n) is 4.83. The molecule has 0 saturated carbocycles. The van der Waals surface area contributed by atoms with Crippen molar-refractivity contribution in [1.82, 2.24) is 14.5 Å². The van der Waals surface area contributed by atoms with Crippen LogP contribution in [-0.2, 0) is 6.54 Å². The Bertz CT molecular complexity index is 1270. The summed E-state index contributed by atoms with van der Waals surface area (Å²) in [5.74, 6) is 0.896. The van der Waals surface area contributed by atoms with Gasteiger partial charge < -0.3 is 9.30 Å². The van der Waals surface area contributed by atoms with E-state index in [4.69, 9.17) is 14.7 Å². The van der Waals surface area contributed by atoms with Crippen molar-refractivity contribution in [2.45, 2.75) is 13.5 Å². The Hall–Kier alpha value is -3.40. The highest BCUT2D eigenvalue weighted by atomic mass is 16.5. The minimum absolute atomic E-state index is 0.575. The van der Waals surface area contributed by atoms with Gasteiger partial charge in [0.25, 0.3) is 0 Å². The van der Waals surface area contributed by atoms with Crippen molar-refractivity contribution in [2.24, 2.45) is 0 Å². The normalized spacial score (nSPS) is 11.4. The summed E-state index contributed by atoms with van der Waals surface area (Å²) in [6.07, 6.45) is 0. The summed E-state index contributed by atoms with van der Waals surface area (Å²) in [5, 5.41) is 1.13. The Labute approximate surface area is 157 Å². The van der Waals surface area contributed by atoms with Crippen LogP contribution in [0.2, 0.25) is 0 Å². The van der Waals surface area contributed by atoms with Gasteiger partial charge in [0.05, 0.1) is 23.1 Å². The third-order valence-corrected chi connectivity index (χ3v) is 4.83. The number of aromatic nitrogens is 3. The molecule has 0 unspecified atom stereocenters. The molecule has 0 atom stereocenters. The molecule has 0 N–H and O–H groups in total. The van der Waals surface area contributed by atoms with E-state index in [0.29, 0.717) is 13.2 Å². The van der Waals surface area contributed by atoms with Crippen LogP contribution in [0.4, 0.5) is 0 Å². The molecule has 3 aromatic carbocycles. The molecule has 0 aliphatic rings. The summed E-state index contributed by atoms with van der Waals surface area (Å²) >= 11 is 0. The van der Waals surface area contributed by atoms with Gasteiger partial charge in [-0.3, -0.25) is 0 Å². The van der Waals surface area contributed by atoms with E-state index >= 15 is 0 Å². The number of hydrogen-bond acceptors (Lipinski definition) is 3. The second-order valence-corrected chi connectivity index (χ2v) is 6.72. The summed E-state index contributed by atoms with van der Waals surface area (Å²) in [4.78, 5) is 9.78. The van der Waals surface area contributed by atoms with Crippen LogP contribution < -0.4 is 4.74 Å². The van der Waals surface area contributed by atoms with Crippen LogP contribution in [0.25, 0.3) is 33.1 Å². The molecule has 5 rings (SSSR count). The van der Waals surface area contributed by atoms with Crippen molar-refractivity contribution < 1.29 is 4.74 Å². The monoisotopic (exact) mass is 353 g/mol. The Morgan fingerprint density at radius 1 is 0.852 bits per heavy atom. The molecule has 4 nitrogen and oxygen atoms in total. The second kappa shape index (κ2) is 6.40. The highest BCUT2D eigenvalue weighted by Crippen LogP contribution is 2.28. The van der Waals surface area contributed by atoms with Gasteiger partial charge >= 0.3 is 0 Å². The van der Waals surface area contributed by atoms with E-state index in [2.05, 4.69) is 41.8 Å². The third kappa shape index (κ3) is 2.79. The van der Waals surface area contributed by atoms with Gasteiger partial charge in [-0.25, -0.2) is 9.97 Å². The van der Waals surface area contributed by atoms with Crippen LogP contribution in [0.5, 0.6) is 5.75 Å². The molecule has 2 aromatic heterocycles. The van der Waals surface area contributed by atoms with E-state index in [1.54, 1.807) is 0 Å². The average Bonchev–Trinajstić information content (AvgIpc) is 3.00. The SMILES string of the molecule is Cc1cccc(OCCn2c3ccccc3c3nc4ccccc4nc32)c1. The molecule has 0 radical (unpaired) electrons. The summed E-state index contributed by atoms with van der Waals surface area (Å²) < 4.78 is 8.18. The number of nitrogens with zero attached hydrogens (tertiary/aromatic N) is 3. The number of para-hydroxylation sites is 3. The minimum atomic E-state index is 0.575. The standard InChI is InChI=1S/C23H19N3O/c1-16-7-6-8-17(15-16)27-14-13-26-21-12-5-2-9-18(21)22-23(26)25-20-11-4-3-10-19(20)24-22/h2-12,15H,13-14H2,1H3. The molecule has 5 aromatic rings. The first kappa shape index (κ1) is 15.8. The number of hydrogen-bond donors (Lipinski definition) is 0. The van der Waals surface area contributed by atoms with Crippen molar-refractivity contribution in [2.75, 3.05) is 6.61 Å². The Morgan fingerprint density at radius 3 is 2.48 bits per heavy atom. The van der Waals surface area contributed by atoms with E-state index in [9.17, 15) is 0 Å². The first-order chi connectivity index (χ1) is 13.3. The van der Waals surface area contributed by atoms with Gasteiger partial charge in [-0.15, -0.1) is 0 Å². The molecule has 4 heteroatoms. The van der Waals surface area contributed by atoms with Gasteiger partial charge in [0, 0.05) is 5.39 Å². The number of fused-ring (bicyclic) bond motifs is 4. The molecule has 0 aliphatic carbocycles. The van der Waals surface area contributed by atoms with Gasteiger partial charge in [-0.1, -0.05) is 42.5 Å². The lowest BCUT2D eigenvalue weighted by molar-refractivity contribution is 0.302. The fourth-order valence-corrected chi connectivity index (χ4v) is 3.57. The fourth-order valence-electron chi connectivity index (χ4n) is 3.57. The quantitative estimate of drug-likeness (QED) is 0.450. The van der Waals surface area contributed by atoms with Crippen molar-refractivity contribution in [1.29, 1.82) is 0 Å². The van der Waals surface area contributed by atoms with E-state index in [1.807, 2.05) is 42.5 Å². The predicted molar refractivity (Wildman–Crippen MR) is 109 cm³/mol. The van der Waals surface area contributed by atoms with Crippen molar-refractivity contribution in [3.8, 4) is 5.75 Å². The van der Waals surface area contributed by atoms with Crippen LogP contribution in [-0.4, -0.2) is 21.1 Å². The first-order valence-electron chi connectivity index (χ1n) is 9.13. The summed E-state index contributed by atoms with van der Waals surface area (Å²) in [7, 11) is 0. The maximum Gasteiger partial charge on any atom is 0.160 e. The Kier molecular flexibility index (Phi) is 3.75. The fraction of sp³-hybridized carbons (Fsp3) is 0.130. The van der Waals surface area contributed by atoms with E-state index < -0.39 is 0 Å². The highest BCUT2D eigenvalue weighted by Gasteiger charge is 2.14. The Morgan fingerprint density at radius 2 is 1.63 bits per heavy atom. The molecule has 27 heavy (non-hydrogen) atoms. The van der Waals surface area contributed by atoms with E-state index in [0.717, 1.165) is 38.8 Å². The minimum Gasteiger partial charge on any atom is -0.492 e. The van der Waals surface area contributed by atoms with Crippen LogP contribution in [0, 0.1) is 6.92 Å². The van der Waals surface area contributed by atoms with Crippen molar-refractivity contribution in [3.63, 3.8) is 0 Å². The lowest BCUT2D eigenvalue weighted by Crippen LogP contribution is -2.08. The van der Waals surface area contributed by atoms with E-state index in [1.165, 1.54) is 5.56 Å². The molecule has 0 aliphatic heterocycles. The van der Waals surface area contributed by atoms with Crippen LogP contribution in [0.15, 0.2) is 72.8 Å². The van der Waals surface area contributed by atoms with Crippen LogP contribution in [0.1, 0.15) is 5.56 Å². The zero-order valence-electron chi connectivity index (χ0n) is 15.1. The number of rotatable bonds is 4. The molecule has 0 saturated heterocycles. The molecular formula is C23H19N3O. The molecule has 132 valence electrons. The van der Waals surface area contributed by atoms with Crippen molar-refractivity contribution in [3.05, 3.63) is 78.4 Å². The molecular weight excluding hydrogens is 334 g/mol. The zero-order valence-corrected chi connectivity index (χ0v) is 15.1. The molecule has 0 amide bonds. The molecule has 0 bridgehead atoms. The second-order valence-electron chi connectivity index (χ2n) is 6.72. The lowest BCUT2D eigenvalue weighted by Gasteiger charge is -2.10. The summed E-state index contributed by atoms with van der Waals surface area (Å²) in [6, 6.07) is 24.5. The van der Waals surface area contributed by atoms with Crippen LogP contribution in [0.3, 0.4) is 0 Å². The number of benzene rings is 3. The number of ether oxygens (including phenoxy) is 1. The summed E-state index contributed by atoms with van der Waals surface area (Å²) in [5.41, 5.74) is 6.01. The van der Waals surface area contributed by atoms with Gasteiger partial charge in [0.2, 0.25) is 0 Å². The molecule has 0 fully saturated rings. The smallest absolute Gasteiger partial charge is 0.160 e. The zero-order chi connectivity index (χ0) is 18.2. The average molecular weight is 353 g/mol. The Balaban J connectivity index is 1.58.